The van der Waals surface area contributed by atoms with Gasteiger partial charge in [0.25, 0.3) is 0 Å². The average molecular weight is 371 g/mol. The van der Waals surface area contributed by atoms with Crippen LogP contribution in [0.4, 0.5) is 0 Å². The number of para-hydroxylation sites is 2. The van der Waals surface area contributed by atoms with Crippen molar-refractivity contribution in [3.63, 3.8) is 0 Å². The molecule has 0 atom stereocenters. The predicted octanol–water partition coefficient (Wildman–Crippen LogP) is 5.25. The first-order valence-electron chi connectivity index (χ1n) is 6.35. The lowest BCUT2D eigenvalue weighted by molar-refractivity contribution is 0.670. The number of nitrogens with zero attached hydrogens (tertiary/aromatic N) is 1. The number of halogens is 1. The fourth-order valence-corrected chi connectivity index (χ4v) is 2.83. The molecule has 0 aliphatic rings. The summed E-state index contributed by atoms with van der Waals surface area (Å²) in [5.41, 5.74) is 4.02. The third-order valence-electron chi connectivity index (χ3n) is 3.44. The second-order valence-electron chi connectivity index (χ2n) is 4.65. The highest BCUT2D eigenvalue weighted by molar-refractivity contribution is 14.1. The number of furan rings is 1. The van der Waals surface area contributed by atoms with Crippen LogP contribution in [0.2, 0.25) is 0 Å². The van der Waals surface area contributed by atoms with Crippen LogP contribution in [0.5, 0.6) is 0 Å². The molecule has 0 radical (unpaired) electrons. The van der Waals surface area contributed by atoms with E-state index < -0.39 is 0 Å². The molecule has 4 aromatic rings. The van der Waals surface area contributed by atoms with Gasteiger partial charge in [0.2, 0.25) is 0 Å². The molecule has 2 aromatic heterocycles. The molecule has 0 amide bonds. The molecular formula is C17H10INO. The summed E-state index contributed by atoms with van der Waals surface area (Å²) >= 11 is 2.21. The van der Waals surface area contributed by atoms with E-state index in [2.05, 4.69) is 57.9 Å². The summed E-state index contributed by atoms with van der Waals surface area (Å²) in [5, 5.41) is 2.31. The Hall–Kier alpha value is -1.88. The minimum absolute atomic E-state index is 0.924. The van der Waals surface area contributed by atoms with Crippen LogP contribution in [0.1, 0.15) is 0 Å². The molecule has 0 bridgehead atoms. The van der Waals surface area contributed by atoms with E-state index in [4.69, 9.17) is 4.42 Å². The topological polar surface area (TPSA) is 26.0 Å². The highest BCUT2D eigenvalue weighted by atomic mass is 127. The van der Waals surface area contributed by atoms with Gasteiger partial charge in [0, 0.05) is 28.1 Å². The molecular weight excluding hydrogens is 361 g/mol. The predicted molar refractivity (Wildman–Crippen MR) is 89.7 cm³/mol. The molecule has 0 spiro atoms. The third kappa shape index (κ3) is 1.81. The van der Waals surface area contributed by atoms with Gasteiger partial charge in [0.1, 0.15) is 14.9 Å². The Morgan fingerprint density at radius 2 is 1.70 bits per heavy atom. The van der Waals surface area contributed by atoms with Crippen molar-refractivity contribution in [2.75, 3.05) is 0 Å². The monoisotopic (exact) mass is 371 g/mol. The fraction of sp³-hybridized carbons (Fsp3) is 0. The van der Waals surface area contributed by atoms with E-state index in [1.807, 2.05) is 30.5 Å². The van der Waals surface area contributed by atoms with Crippen molar-refractivity contribution in [3.8, 4) is 11.1 Å². The van der Waals surface area contributed by atoms with Gasteiger partial charge in [-0.1, -0.05) is 42.5 Å². The second-order valence-corrected chi connectivity index (χ2v) is 5.76. The zero-order chi connectivity index (χ0) is 13.5. The molecule has 0 saturated carbocycles. The molecule has 20 heavy (non-hydrogen) atoms. The summed E-state index contributed by atoms with van der Waals surface area (Å²) in [5.74, 6) is 0. The third-order valence-corrected chi connectivity index (χ3v) is 4.08. The standard InChI is InChI=1S/C17H10INO/c18-16-9-8-11(10-19-16)12-5-3-6-14-13-4-1-2-7-15(13)20-17(12)14/h1-10H. The number of rotatable bonds is 1. The molecule has 0 N–H and O–H groups in total. The van der Waals surface area contributed by atoms with Crippen molar-refractivity contribution in [2.45, 2.75) is 0 Å². The average Bonchev–Trinajstić information content (AvgIpc) is 2.87. The Bertz CT molecular complexity index is 909. The van der Waals surface area contributed by atoms with Gasteiger partial charge in [-0.25, -0.2) is 4.98 Å². The zero-order valence-electron chi connectivity index (χ0n) is 10.5. The summed E-state index contributed by atoms with van der Waals surface area (Å²) in [7, 11) is 0. The maximum atomic E-state index is 6.04. The molecule has 0 saturated heterocycles. The van der Waals surface area contributed by atoms with E-state index in [9.17, 15) is 0 Å². The quantitative estimate of drug-likeness (QED) is 0.337. The first kappa shape index (κ1) is 11.9. The summed E-state index contributed by atoms with van der Waals surface area (Å²) in [6, 6.07) is 18.5. The fourth-order valence-electron chi connectivity index (χ4n) is 2.51. The summed E-state index contributed by atoms with van der Waals surface area (Å²) < 4.78 is 7.03. The van der Waals surface area contributed by atoms with Gasteiger partial charge in [-0.3, -0.25) is 0 Å². The minimum atomic E-state index is 0.924. The molecule has 2 aromatic carbocycles. The van der Waals surface area contributed by atoms with Crippen molar-refractivity contribution >= 4 is 44.5 Å². The van der Waals surface area contributed by atoms with Crippen LogP contribution in [0, 0.1) is 3.70 Å². The van der Waals surface area contributed by atoms with Gasteiger partial charge in [0.05, 0.1) is 0 Å². The molecule has 2 nitrogen and oxygen atoms in total. The Morgan fingerprint density at radius 1 is 0.850 bits per heavy atom. The van der Waals surface area contributed by atoms with Crippen molar-refractivity contribution in [1.29, 1.82) is 0 Å². The number of hydrogen-bond donors (Lipinski definition) is 0. The normalized spacial score (nSPS) is 11.2. The minimum Gasteiger partial charge on any atom is -0.455 e. The van der Waals surface area contributed by atoms with Crippen molar-refractivity contribution < 1.29 is 4.42 Å². The summed E-state index contributed by atoms with van der Waals surface area (Å²) in [4.78, 5) is 4.36. The highest BCUT2D eigenvalue weighted by Crippen LogP contribution is 2.35. The summed E-state index contributed by atoms with van der Waals surface area (Å²) in [6.45, 7) is 0. The van der Waals surface area contributed by atoms with Gasteiger partial charge in [-0.05, 0) is 34.7 Å². The lowest BCUT2D eigenvalue weighted by Gasteiger charge is -2.02. The second kappa shape index (κ2) is 4.59. The molecule has 0 aliphatic heterocycles. The molecule has 0 aliphatic carbocycles. The van der Waals surface area contributed by atoms with Gasteiger partial charge in [-0.2, -0.15) is 0 Å². The Balaban J connectivity index is 2.07. The van der Waals surface area contributed by atoms with Crippen molar-refractivity contribution in [3.05, 3.63) is 64.5 Å². The van der Waals surface area contributed by atoms with E-state index >= 15 is 0 Å². The summed E-state index contributed by atoms with van der Waals surface area (Å²) in [6.07, 6.45) is 1.89. The van der Waals surface area contributed by atoms with Crippen LogP contribution in [0.25, 0.3) is 33.1 Å². The van der Waals surface area contributed by atoms with Crippen LogP contribution in [-0.2, 0) is 0 Å². The van der Waals surface area contributed by atoms with E-state index in [0.29, 0.717) is 0 Å². The maximum Gasteiger partial charge on any atom is 0.143 e. The van der Waals surface area contributed by atoms with Gasteiger partial charge in [0.15, 0.2) is 0 Å². The molecule has 0 unspecified atom stereocenters. The lowest BCUT2D eigenvalue weighted by atomic mass is 10.0. The molecule has 3 heteroatoms. The Morgan fingerprint density at radius 3 is 2.55 bits per heavy atom. The largest absolute Gasteiger partial charge is 0.455 e. The number of hydrogen-bond acceptors (Lipinski definition) is 2. The van der Waals surface area contributed by atoms with E-state index in [1.165, 1.54) is 0 Å². The Kier molecular flexibility index (Phi) is 2.73. The van der Waals surface area contributed by atoms with Gasteiger partial charge >= 0.3 is 0 Å². The zero-order valence-corrected chi connectivity index (χ0v) is 12.7. The van der Waals surface area contributed by atoms with E-state index in [0.717, 1.165) is 36.8 Å². The molecule has 0 fully saturated rings. The van der Waals surface area contributed by atoms with Gasteiger partial charge < -0.3 is 4.42 Å². The lowest BCUT2D eigenvalue weighted by Crippen LogP contribution is -1.83. The smallest absolute Gasteiger partial charge is 0.143 e. The van der Waals surface area contributed by atoms with Crippen LogP contribution in [0.15, 0.2) is 65.2 Å². The SMILES string of the molecule is Ic1ccc(-c2cccc3c2oc2ccccc23)cn1. The Labute approximate surface area is 129 Å². The maximum absolute atomic E-state index is 6.04. The van der Waals surface area contributed by atoms with Crippen molar-refractivity contribution in [1.82, 2.24) is 4.98 Å². The number of fused-ring (bicyclic) bond motifs is 3. The number of benzene rings is 2. The molecule has 2 heterocycles. The van der Waals surface area contributed by atoms with E-state index in [-0.39, 0.29) is 0 Å². The van der Waals surface area contributed by atoms with Crippen LogP contribution in [-0.4, -0.2) is 4.98 Å². The van der Waals surface area contributed by atoms with E-state index in [1.54, 1.807) is 0 Å². The van der Waals surface area contributed by atoms with Crippen molar-refractivity contribution in [2.24, 2.45) is 0 Å². The van der Waals surface area contributed by atoms with Crippen LogP contribution < -0.4 is 0 Å². The molecule has 4 rings (SSSR count). The highest BCUT2D eigenvalue weighted by Gasteiger charge is 2.11. The van der Waals surface area contributed by atoms with Gasteiger partial charge in [-0.15, -0.1) is 0 Å². The first-order valence-corrected chi connectivity index (χ1v) is 7.43. The van der Waals surface area contributed by atoms with Crippen LogP contribution >= 0.6 is 22.6 Å². The first-order chi connectivity index (χ1) is 9.83. The number of aromatic nitrogens is 1. The van der Waals surface area contributed by atoms with Crippen LogP contribution in [0.3, 0.4) is 0 Å². The number of pyridine rings is 1. The molecule has 96 valence electrons.